The van der Waals surface area contributed by atoms with Crippen LogP contribution in [-0.4, -0.2) is 23.4 Å². The summed E-state index contributed by atoms with van der Waals surface area (Å²) < 4.78 is 10.6. The molecule has 0 aromatic rings. The Kier molecular flexibility index (Phi) is 6.91. The lowest BCUT2D eigenvalue weighted by Crippen LogP contribution is -2.16. The van der Waals surface area contributed by atoms with Crippen molar-refractivity contribution in [3.8, 4) is 0 Å². The highest BCUT2D eigenvalue weighted by Crippen LogP contribution is 2.08. The van der Waals surface area contributed by atoms with E-state index in [-0.39, 0.29) is 6.29 Å². The highest BCUT2D eigenvalue weighted by molar-refractivity contribution is 5.98. The van der Waals surface area contributed by atoms with Crippen molar-refractivity contribution in [2.45, 2.75) is 39.9 Å². The Morgan fingerprint density at radius 2 is 1.82 bits per heavy atom. The standard InChI is InChI=1S/C8H20O2Si/c1-4-8(5-2)6-9-7(3)10-11/h7-8H,4-6H2,1-3,11H3. The van der Waals surface area contributed by atoms with Crippen molar-refractivity contribution in [2.24, 2.45) is 5.92 Å². The highest BCUT2D eigenvalue weighted by atomic mass is 28.2. The smallest absolute Gasteiger partial charge is 0.149 e. The summed E-state index contributed by atoms with van der Waals surface area (Å²) in [4.78, 5) is 0. The molecule has 0 aromatic carbocycles. The van der Waals surface area contributed by atoms with Gasteiger partial charge >= 0.3 is 0 Å². The molecule has 0 aromatic heterocycles. The van der Waals surface area contributed by atoms with Gasteiger partial charge in [-0.05, 0) is 12.8 Å². The number of ether oxygens (including phenoxy) is 1. The first-order valence-electron chi connectivity index (χ1n) is 4.38. The zero-order chi connectivity index (χ0) is 8.69. The molecular formula is C8H20O2Si. The minimum Gasteiger partial charge on any atom is -0.404 e. The second-order valence-electron chi connectivity index (χ2n) is 2.82. The summed E-state index contributed by atoms with van der Waals surface area (Å²) in [5.74, 6) is 0.703. The van der Waals surface area contributed by atoms with E-state index in [1.807, 2.05) is 6.92 Å². The molecule has 11 heavy (non-hydrogen) atoms. The predicted molar refractivity (Wildman–Crippen MR) is 50.5 cm³/mol. The fourth-order valence-electron chi connectivity index (χ4n) is 0.864. The van der Waals surface area contributed by atoms with E-state index in [4.69, 9.17) is 9.16 Å². The van der Waals surface area contributed by atoms with E-state index in [2.05, 4.69) is 13.8 Å². The first-order valence-corrected chi connectivity index (χ1v) is 5.20. The predicted octanol–water partition coefficient (Wildman–Crippen LogP) is 1.08. The zero-order valence-electron chi connectivity index (χ0n) is 8.09. The number of hydrogen-bond donors (Lipinski definition) is 0. The summed E-state index contributed by atoms with van der Waals surface area (Å²) in [7, 11) is 0.761. The molecule has 0 spiro atoms. The summed E-state index contributed by atoms with van der Waals surface area (Å²) in [5, 5.41) is 0. The van der Waals surface area contributed by atoms with Gasteiger partial charge in [0.15, 0.2) is 0 Å². The Bertz CT molecular complexity index is 84.2. The Balaban J connectivity index is 3.34. The zero-order valence-corrected chi connectivity index (χ0v) is 10.1. The summed E-state index contributed by atoms with van der Waals surface area (Å²) in [5.41, 5.74) is 0. The van der Waals surface area contributed by atoms with Gasteiger partial charge in [0.2, 0.25) is 0 Å². The van der Waals surface area contributed by atoms with Crippen LogP contribution in [0, 0.1) is 5.92 Å². The molecule has 0 heterocycles. The maximum atomic E-state index is 5.45. The third-order valence-electron chi connectivity index (χ3n) is 2.05. The van der Waals surface area contributed by atoms with Crippen LogP contribution in [0.1, 0.15) is 33.6 Å². The molecule has 0 radical (unpaired) electrons. The van der Waals surface area contributed by atoms with Crippen molar-refractivity contribution in [2.75, 3.05) is 6.61 Å². The SMILES string of the molecule is CCC(CC)COC(C)O[SiH3]. The second-order valence-corrected chi connectivity index (χ2v) is 3.29. The van der Waals surface area contributed by atoms with Gasteiger partial charge < -0.3 is 9.16 Å². The maximum Gasteiger partial charge on any atom is 0.149 e. The third-order valence-corrected chi connectivity index (χ3v) is 2.72. The van der Waals surface area contributed by atoms with E-state index >= 15 is 0 Å². The number of rotatable bonds is 6. The van der Waals surface area contributed by atoms with E-state index in [0.717, 1.165) is 17.1 Å². The van der Waals surface area contributed by atoms with E-state index < -0.39 is 0 Å². The first-order chi connectivity index (χ1) is 5.24. The molecule has 1 unspecified atom stereocenters. The van der Waals surface area contributed by atoms with Crippen LogP contribution in [0.2, 0.25) is 0 Å². The topological polar surface area (TPSA) is 18.5 Å². The van der Waals surface area contributed by atoms with Crippen molar-refractivity contribution in [3.63, 3.8) is 0 Å². The molecule has 0 rings (SSSR count). The van der Waals surface area contributed by atoms with Gasteiger partial charge in [0.05, 0.1) is 6.61 Å². The van der Waals surface area contributed by atoms with Crippen LogP contribution in [-0.2, 0) is 9.16 Å². The highest BCUT2D eigenvalue weighted by Gasteiger charge is 2.05. The summed E-state index contributed by atoms with van der Waals surface area (Å²) in [6.07, 6.45) is 2.40. The molecule has 0 bridgehead atoms. The fourth-order valence-corrected chi connectivity index (χ4v) is 1.00. The average Bonchev–Trinajstić information content (AvgIpc) is 2.06. The fraction of sp³-hybridized carbons (Fsp3) is 1.00. The monoisotopic (exact) mass is 176 g/mol. The second kappa shape index (κ2) is 6.82. The minimum atomic E-state index is 0.00210. The lowest BCUT2D eigenvalue weighted by atomic mass is 10.1. The first kappa shape index (κ1) is 11.1. The van der Waals surface area contributed by atoms with Crippen molar-refractivity contribution in [3.05, 3.63) is 0 Å². The summed E-state index contributed by atoms with van der Waals surface area (Å²) in [6, 6.07) is 0. The van der Waals surface area contributed by atoms with Crippen LogP contribution in [0.3, 0.4) is 0 Å². The molecule has 2 nitrogen and oxygen atoms in total. The van der Waals surface area contributed by atoms with Crippen LogP contribution in [0.5, 0.6) is 0 Å². The molecule has 0 amide bonds. The van der Waals surface area contributed by atoms with Crippen LogP contribution < -0.4 is 0 Å². The van der Waals surface area contributed by atoms with Crippen LogP contribution in [0.15, 0.2) is 0 Å². The largest absolute Gasteiger partial charge is 0.404 e. The lowest BCUT2D eigenvalue weighted by Gasteiger charge is -2.16. The van der Waals surface area contributed by atoms with Gasteiger partial charge in [-0.2, -0.15) is 0 Å². The van der Waals surface area contributed by atoms with Gasteiger partial charge in [-0.3, -0.25) is 0 Å². The van der Waals surface area contributed by atoms with E-state index in [1.54, 1.807) is 0 Å². The molecule has 0 saturated carbocycles. The van der Waals surface area contributed by atoms with E-state index in [0.29, 0.717) is 5.92 Å². The molecular weight excluding hydrogens is 156 g/mol. The van der Waals surface area contributed by atoms with Gasteiger partial charge in [0, 0.05) is 0 Å². The molecule has 0 aliphatic rings. The quantitative estimate of drug-likeness (QED) is 0.445. The van der Waals surface area contributed by atoms with Crippen molar-refractivity contribution in [1.82, 2.24) is 0 Å². The Morgan fingerprint density at radius 1 is 1.27 bits per heavy atom. The average molecular weight is 176 g/mol. The van der Waals surface area contributed by atoms with Crippen LogP contribution >= 0.6 is 0 Å². The minimum absolute atomic E-state index is 0.00210. The van der Waals surface area contributed by atoms with Gasteiger partial charge in [-0.25, -0.2) is 0 Å². The molecule has 0 aliphatic carbocycles. The van der Waals surface area contributed by atoms with Crippen LogP contribution in [0.25, 0.3) is 0 Å². The Morgan fingerprint density at radius 3 is 2.18 bits per heavy atom. The van der Waals surface area contributed by atoms with E-state index in [1.165, 1.54) is 12.8 Å². The van der Waals surface area contributed by atoms with Crippen molar-refractivity contribution < 1.29 is 9.16 Å². The van der Waals surface area contributed by atoms with Crippen LogP contribution in [0.4, 0.5) is 0 Å². The molecule has 0 aliphatic heterocycles. The molecule has 0 N–H and O–H groups in total. The maximum absolute atomic E-state index is 5.45. The molecule has 1 atom stereocenters. The molecule has 0 fully saturated rings. The van der Waals surface area contributed by atoms with Crippen molar-refractivity contribution >= 4 is 10.5 Å². The van der Waals surface area contributed by atoms with Gasteiger partial charge in [-0.15, -0.1) is 0 Å². The van der Waals surface area contributed by atoms with E-state index in [9.17, 15) is 0 Å². The lowest BCUT2D eigenvalue weighted by molar-refractivity contribution is -0.0761. The molecule has 68 valence electrons. The normalized spacial score (nSPS) is 14.2. The number of hydrogen-bond acceptors (Lipinski definition) is 2. The van der Waals surface area contributed by atoms with Gasteiger partial charge in [0.1, 0.15) is 16.8 Å². The molecule has 0 saturated heterocycles. The molecule has 3 heteroatoms. The van der Waals surface area contributed by atoms with Gasteiger partial charge in [-0.1, -0.05) is 26.7 Å². The van der Waals surface area contributed by atoms with Crippen molar-refractivity contribution in [1.29, 1.82) is 0 Å². The van der Waals surface area contributed by atoms with Gasteiger partial charge in [0.25, 0.3) is 0 Å². The Hall–Kier alpha value is 0.137. The summed E-state index contributed by atoms with van der Waals surface area (Å²) in [6.45, 7) is 7.19. The summed E-state index contributed by atoms with van der Waals surface area (Å²) >= 11 is 0. The third kappa shape index (κ3) is 5.41. The Labute approximate surface area is 72.8 Å².